The lowest BCUT2D eigenvalue weighted by molar-refractivity contribution is -0.141. The Morgan fingerprint density at radius 2 is 1.95 bits per heavy atom. The monoisotopic (exact) mass is 286 g/mol. The Bertz CT molecular complexity index is 683. The van der Waals surface area contributed by atoms with E-state index in [4.69, 9.17) is 5.11 Å². The zero-order valence-corrected chi connectivity index (χ0v) is 10.1. The Hall–Kier alpha value is -2.22. The smallest absolute Gasteiger partial charge is 0.434 e. The first kappa shape index (κ1) is 14.2. The summed E-state index contributed by atoms with van der Waals surface area (Å²) >= 11 is 0. The molecular weight excluding hydrogens is 277 g/mol. The van der Waals surface area contributed by atoms with Crippen molar-refractivity contribution in [2.75, 3.05) is 0 Å². The highest BCUT2D eigenvalue weighted by atomic mass is 19.4. The highest BCUT2D eigenvalue weighted by Gasteiger charge is 2.38. The van der Waals surface area contributed by atoms with Gasteiger partial charge in [-0.2, -0.15) is 13.2 Å². The summed E-state index contributed by atoms with van der Waals surface area (Å²) in [5.74, 6) is -1.72. The topological polar surface area (TPSA) is 83.3 Å². The molecule has 0 aromatic carbocycles. The van der Waals surface area contributed by atoms with Crippen LogP contribution in [-0.2, 0) is 6.18 Å². The lowest BCUT2D eigenvalue weighted by Crippen LogP contribution is -2.16. The van der Waals surface area contributed by atoms with Crippen molar-refractivity contribution in [1.29, 1.82) is 0 Å². The Balaban J connectivity index is 2.75. The third kappa shape index (κ3) is 2.55. The average molecular weight is 286 g/mol. The molecule has 0 aliphatic heterocycles. The molecule has 2 aromatic heterocycles. The Morgan fingerprint density at radius 3 is 2.45 bits per heavy atom. The van der Waals surface area contributed by atoms with Gasteiger partial charge in [-0.15, -0.1) is 0 Å². The molecule has 0 amide bonds. The van der Waals surface area contributed by atoms with Crippen molar-refractivity contribution < 1.29 is 28.2 Å². The van der Waals surface area contributed by atoms with Crippen LogP contribution in [0.3, 0.4) is 0 Å². The van der Waals surface area contributed by atoms with Gasteiger partial charge in [-0.3, -0.25) is 0 Å². The lowest BCUT2D eigenvalue weighted by atomic mass is 10.1. The van der Waals surface area contributed by atoms with Crippen molar-refractivity contribution in [2.24, 2.45) is 0 Å². The van der Waals surface area contributed by atoms with Crippen molar-refractivity contribution >= 4 is 17.0 Å². The normalized spacial score (nSPS) is 13.4. The second-order valence-corrected chi connectivity index (χ2v) is 4.15. The molecule has 0 saturated carbocycles. The predicted molar refractivity (Wildman–Crippen MR) is 62.1 cm³/mol. The van der Waals surface area contributed by atoms with Crippen molar-refractivity contribution in [3.63, 3.8) is 0 Å². The van der Waals surface area contributed by atoms with Crippen LogP contribution in [0.25, 0.3) is 11.0 Å². The van der Waals surface area contributed by atoms with E-state index in [1.165, 1.54) is 19.1 Å². The molecule has 1 unspecified atom stereocenters. The quantitative estimate of drug-likeness (QED) is 0.885. The third-order valence-electron chi connectivity index (χ3n) is 2.63. The molecule has 0 bridgehead atoms. The molecule has 0 radical (unpaired) electrons. The lowest BCUT2D eigenvalue weighted by Gasteiger charge is -2.11. The third-order valence-corrected chi connectivity index (χ3v) is 2.63. The van der Waals surface area contributed by atoms with Crippen LogP contribution in [0, 0.1) is 0 Å². The van der Waals surface area contributed by atoms with Crippen LogP contribution >= 0.6 is 0 Å². The number of nitrogens with zero attached hydrogens (tertiary/aromatic N) is 2. The van der Waals surface area contributed by atoms with Crippen LogP contribution in [0.15, 0.2) is 18.2 Å². The second-order valence-electron chi connectivity index (χ2n) is 4.15. The van der Waals surface area contributed by atoms with Crippen molar-refractivity contribution in [3.8, 4) is 0 Å². The van der Waals surface area contributed by atoms with E-state index in [1.54, 1.807) is 0 Å². The van der Waals surface area contributed by atoms with Gasteiger partial charge in [0, 0.05) is 5.39 Å². The van der Waals surface area contributed by atoms with E-state index in [-0.39, 0.29) is 16.7 Å². The van der Waals surface area contributed by atoms with Crippen LogP contribution in [0.5, 0.6) is 0 Å². The van der Waals surface area contributed by atoms with E-state index in [2.05, 4.69) is 9.97 Å². The molecule has 20 heavy (non-hydrogen) atoms. The van der Waals surface area contributed by atoms with Gasteiger partial charge in [0.05, 0.1) is 17.4 Å². The Labute approximate surface area is 110 Å². The Kier molecular flexibility index (Phi) is 3.34. The summed E-state index contributed by atoms with van der Waals surface area (Å²) in [7, 11) is 0. The van der Waals surface area contributed by atoms with Gasteiger partial charge in [-0.25, -0.2) is 14.8 Å². The molecule has 2 rings (SSSR count). The number of halogens is 3. The molecule has 2 heterocycles. The predicted octanol–water partition coefficient (Wildman–Crippen LogP) is 2.40. The number of carbonyl (C=O) groups is 1. The van der Waals surface area contributed by atoms with Gasteiger partial charge in [-0.1, -0.05) is 0 Å². The largest absolute Gasteiger partial charge is 0.478 e. The maximum atomic E-state index is 12.8. The summed E-state index contributed by atoms with van der Waals surface area (Å²) in [5.41, 5.74) is -2.55. The minimum atomic E-state index is -4.90. The van der Waals surface area contributed by atoms with Gasteiger partial charge in [-0.05, 0) is 25.1 Å². The number of hydrogen-bond donors (Lipinski definition) is 2. The number of alkyl halides is 3. The highest BCUT2D eigenvalue weighted by molar-refractivity contribution is 5.93. The number of hydrogen-bond acceptors (Lipinski definition) is 4. The number of rotatable bonds is 2. The fourth-order valence-corrected chi connectivity index (χ4v) is 1.68. The highest BCUT2D eigenvalue weighted by Crippen LogP contribution is 2.32. The standard InChI is InChI=1S/C12H9F3N2O3/c1-5(18)8-3-2-6-4-7(11(19)20)9(12(13,14)15)17-10(6)16-8/h2-5,18H,1H3,(H,19,20). The van der Waals surface area contributed by atoms with Gasteiger partial charge in [0.1, 0.15) is 0 Å². The summed E-state index contributed by atoms with van der Waals surface area (Å²) < 4.78 is 38.4. The van der Waals surface area contributed by atoms with Gasteiger partial charge in [0.15, 0.2) is 11.3 Å². The minimum absolute atomic E-state index is 0.153. The number of fused-ring (bicyclic) bond motifs is 1. The first-order valence-corrected chi connectivity index (χ1v) is 5.50. The van der Waals surface area contributed by atoms with Crippen molar-refractivity contribution in [3.05, 3.63) is 35.2 Å². The number of aromatic nitrogens is 2. The van der Waals surface area contributed by atoms with E-state index in [0.717, 1.165) is 6.07 Å². The molecule has 8 heteroatoms. The number of pyridine rings is 2. The van der Waals surface area contributed by atoms with E-state index >= 15 is 0 Å². The van der Waals surface area contributed by atoms with Gasteiger partial charge in [0.25, 0.3) is 0 Å². The first-order valence-electron chi connectivity index (χ1n) is 5.50. The fraction of sp³-hybridized carbons (Fsp3) is 0.250. The summed E-state index contributed by atoms with van der Waals surface area (Å²) in [4.78, 5) is 18.0. The van der Waals surface area contributed by atoms with Crippen LogP contribution in [0.2, 0.25) is 0 Å². The average Bonchev–Trinajstić information content (AvgIpc) is 2.35. The summed E-state index contributed by atoms with van der Waals surface area (Å²) in [5, 5.41) is 18.3. The molecule has 0 saturated heterocycles. The van der Waals surface area contributed by atoms with Crippen LogP contribution in [0.1, 0.15) is 34.8 Å². The molecule has 106 valence electrons. The van der Waals surface area contributed by atoms with Crippen molar-refractivity contribution in [2.45, 2.75) is 19.2 Å². The molecule has 0 aliphatic rings. The van der Waals surface area contributed by atoms with E-state index in [1.807, 2.05) is 0 Å². The maximum absolute atomic E-state index is 12.8. The molecule has 2 N–H and O–H groups in total. The second kappa shape index (κ2) is 4.71. The van der Waals surface area contributed by atoms with E-state index in [0.29, 0.717) is 0 Å². The Morgan fingerprint density at radius 1 is 1.30 bits per heavy atom. The molecular formula is C12H9F3N2O3. The van der Waals surface area contributed by atoms with Gasteiger partial charge < -0.3 is 10.2 Å². The molecule has 2 aromatic rings. The molecule has 0 fully saturated rings. The number of aliphatic hydroxyl groups excluding tert-OH is 1. The molecule has 0 aliphatic carbocycles. The minimum Gasteiger partial charge on any atom is -0.478 e. The zero-order valence-electron chi connectivity index (χ0n) is 10.1. The van der Waals surface area contributed by atoms with Crippen LogP contribution in [-0.4, -0.2) is 26.2 Å². The van der Waals surface area contributed by atoms with Crippen LogP contribution in [0.4, 0.5) is 13.2 Å². The number of aromatic carboxylic acids is 1. The SMILES string of the molecule is CC(O)c1ccc2cc(C(=O)O)c(C(F)(F)F)nc2n1. The summed E-state index contributed by atoms with van der Waals surface area (Å²) in [6.45, 7) is 1.41. The summed E-state index contributed by atoms with van der Waals surface area (Å²) in [6.07, 6.45) is -5.86. The molecule has 0 spiro atoms. The maximum Gasteiger partial charge on any atom is 0.434 e. The fourth-order valence-electron chi connectivity index (χ4n) is 1.68. The molecule has 1 atom stereocenters. The van der Waals surface area contributed by atoms with Gasteiger partial charge in [0.2, 0.25) is 0 Å². The van der Waals surface area contributed by atoms with E-state index in [9.17, 15) is 23.1 Å². The van der Waals surface area contributed by atoms with Crippen molar-refractivity contribution in [1.82, 2.24) is 9.97 Å². The van der Waals surface area contributed by atoms with Gasteiger partial charge >= 0.3 is 12.1 Å². The van der Waals surface area contributed by atoms with E-state index < -0.39 is 29.5 Å². The number of aliphatic hydroxyl groups is 1. The summed E-state index contributed by atoms with van der Waals surface area (Å²) in [6, 6.07) is 3.63. The zero-order chi connectivity index (χ0) is 15.1. The number of carboxylic acids is 1. The van der Waals surface area contributed by atoms with Crippen LogP contribution < -0.4 is 0 Å². The number of carboxylic acid groups (broad SMARTS) is 1. The molecule has 5 nitrogen and oxygen atoms in total. The first-order chi connectivity index (χ1) is 9.20.